The van der Waals surface area contributed by atoms with Gasteiger partial charge >= 0.3 is 0 Å². The summed E-state index contributed by atoms with van der Waals surface area (Å²) in [6.45, 7) is 6.84. The maximum absolute atomic E-state index is 12.7. The number of halogens is 1. The number of anilines is 1. The molecule has 32 heavy (non-hydrogen) atoms. The van der Waals surface area contributed by atoms with Crippen LogP contribution in [0.5, 0.6) is 5.75 Å². The second-order valence-electron chi connectivity index (χ2n) is 8.37. The second kappa shape index (κ2) is 11.0. The number of nitrogen functional groups attached to an aromatic ring is 1. The zero-order valence-corrected chi connectivity index (χ0v) is 20.3. The summed E-state index contributed by atoms with van der Waals surface area (Å²) in [7, 11) is -3.11. The largest absolute Gasteiger partial charge is 0.493 e. The lowest BCUT2D eigenvalue weighted by molar-refractivity contribution is -0.0327. The minimum Gasteiger partial charge on any atom is -0.493 e. The van der Waals surface area contributed by atoms with Gasteiger partial charge in [0.25, 0.3) is 5.91 Å². The van der Waals surface area contributed by atoms with E-state index in [0.29, 0.717) is 67.3 Å². The number of nitrogens with one attached hydrogen (secondary N) is 1. The lowest BCUT2D eigenvalue weighted by Gasteiger charge is -2.37. The molecule has 0 saturated carbocycles. The molecular formula is C21H33ClN4O5S. The molecule has 11 heteroatoms. The highest BCUT2D eigenvalue weighted by Gasteiger charge is 2.28. The van der Waals surface area contributed by atoms with Crippen LogP contribution in [-0.4, -0.2) is 88.4 Å². The summed E-state index contributed by atoms with van der Waals surface area (Å²) in [5.41, 5.74) is 6.54. The van der Waals surface area contributed by atoms with Crippen LogP contribution in [0.4, 0.5) is 5.69 Å². The van der Waals surface area contributed by atoms with Crippen molar-refractivity contribution in [1.29, 1.82) is 0 Å². The van der Waals surface area contributed by atoms with E-state index in [1.807, 2.05) is 6.92 Å². The molecule has 0 spiro atoms. The summed E-state index contributed by atoms with van der Waals surface area (Å²) in [5.74, 6) is 0.578. The van der Waals surface area contributed by atoms with Crippen molar-refractivity contribution >= 4 is 33.2 Å². The topological polar surface area (TPSA) is 114 Å². The minimum atomic E-state index is -3.11. The number of morpholine rings is 1. The predicted octanol–water partition coefficient (Wildman–Crippen LogP) is 1.42. The van der Waals surface area contributed by atoms with Gasteiger partial charge in [-0.1, -0.05) is 11.6 Å². The lowest BCUT2D eigenvalue weighted by Crippen LogP contribution is -2.49. The number of hydrogen-bond acceptors (Lipinski definition) is 7. The summed E-state index contributed by atoms with van der Waals surface area (Å²) in [6.07, 6.45) is 2.88. The standard InChI is InChI=1S/C21H33ClN4O5S/c1-3-30-20-11-19(23)18(22)10-17(20)21(27)24-12-16-14-25(8-9-31-16)13-15-4-6-26(7-5-15)32(2,28)29/h10-11,15-16H,3-9,12-14,23H2,1-2H3,(H,24,27). The van der Waals surface area contributed by atoms with E-state index < -0.39 is 10.0 Å². The van der Waals surface area contributed by atoms with Gasteiger partial charge in [0.2, 0.25) is 10.0 Å². The molecule has 1 amide bonds. The lowest BCUT2D eigenvalue weighted by atomic mass is 9.97. The molecule has 1 unspecified atom stereocenters. The van der Waals surface area contributed by atoms with Crippen molar-refractivity contribution in [3.63, 3.8) is 0 Å². The first-order valence-corrected chi connectivity index (χ1v) is 13.2. The van der Waals surface area contributed by atoms with Crippen LogP contribution in [0.25, 0.3) is 0 Å². The van der Waals surface area contributed by atoms with Crippen molar-refractivity contribution in [2.24, 2.45) is 5.92 Å². The van der Waals surface area contributed by atoms with Crippen LogP contribution in [-0.2, 0) is 14.8 Å². The number of sulfonamides is 1. The third kappa shape index (κ3) is 6.71. The van der Waals surface area contributed by atoms with Gasteiger partial charge in [-0.3, -0.25) is 9.69 Å². The third-order valence-electron chi connectivity index (χ3n) is 5.92. The van der Waals surface area contributed by atoms with Crippen LogP contribution in [0.2, 0.25) is 5.02 Å². The van der Waals surface area contributed by atoms with E-state index in [2.05, 4.69) is 10.2 Å². The van der Waals surface area contributed by atoms with Crippen LogP contribution in [0.1, 0.15) is 30.1 Å². The van der Waals surface area contributed by atoms with Crippen LogP contribution in [0, 0.1) is 5.92 Å². The molecule has 2 fully saturated rings. The smallest absolute Gasteiger partial charge is 0.255 e. The van der Waals surface area contributed by atoms with Gasteiger partial charge in [-0.05, 0) is 31.7 Å². The molecule has 0 aliphatic carbocycles. The Balaban J connectivity index is 1.49. The van der Waals surface area contributed by atoms with Gasteiger partial charge in [0.15, 0.2) is 0 Å². The molecule has 9 nitrogen and oxygen atoms in total. The Hall–Kier alpha value is -1.59. The van der Waals surface area contributed by atoms with Crippen molar-refractivity contribution in [1.82, 2.24) is 14.5 Å². The normalized spacial score (nSPS) is 21.4. The fourth-order valence-electron chi connectivity index (χ4n) is 4.18. The van der Waals surface area contributed by atoms with Crippen LogP contribution in [0.3, 0.4) is 0 Å². The average molecular weight is 489 g/mol. The molecule has 2 heterocycles. The zero-order chi connectivity index (χ0) is 23.3. The highest BCUT2D eigenvalue weighted by atomic mass is 35.5. The van der Waals surface area contributed by atoms with Crippen molar-refractivity contribution in [2.45, 2.75) is 25.9 Å². The molecule has 2 aliphatic heterocycles. The fourth-order valence-corrected chi connectivity index (χ4v) is 5.22. The van der Waals surface area contributed by atoms with Crippen molar-refractivity contribution in [3.8, 4) is 5.75 Å². The number of piperidine rings is 1. The van der Waals surface area contributed by atoms with Gasteiger partial charge in [-0.15, -0.1) is 0 Å². The zero-order valence-electron chi connectivity index (χ0n) is 18.7. The van der Waals surface area contributed by atoms with Gasteiger partial charge in [-0.2, -0.15) is 0 Å². The number of hydrogen-bond donors (Lipinski definition) is 2. The molecule has 3 N–H and O–H groups in total. The van der Waals surface area contributed by atoms with Gasteiger partial charge in [0.1, 0.15) is 5.75 Å². The highest BCUT2D eigenvalue weighted by Crippen LogP contribution is 2.29. The number of benzene rings is 1. The third-order valence-corrected chi connectivity index (χ3v) is 7.55. The number of nitrogens with zero attached hydrogens (tertiary/aromatic N) is 2. The Morgan fingerprint density at radius 1 is 1.31 bits per heavy atom. The first-order valence-electron chi connectivity index (χ1n) is 11.0. The number of carbonyl (C=O) groups is 1. The van der Waals surface area contributed by atoms with E-state index in [1.54, 1.807) is 10.4 Å². The van der Waals surface area contributed by atoms with E-state index in [-0.39, 0.29) is 12.0 Å². The van der Waals surface area contributed by atoms with Gasteiger partial charge < -0.3 is 20.5 Å². The Bertz CT molecular complexity index is 906. The second-order valence-corrected chi connectivity index (χ2v) is 10.8. The van der Waals surface area contributed by atoms with Gasteiger partial charge in [0, 0.05) is 45.3 Å². The van der Waals surface area contributed by atoms with Crippen LogP contribution in [0.15, 0.2) is 12.1 Å². The fraction of sp³-hybridized carbons (Fsp3) is 0.667. The first kappa shape index (κ1) is 25.0. The number of rotatable bonds is 8. The molecule has 0 aromatic heterocycles. The Morgan fingerprint density at radius 3 is 2.69 bits per heavy atom. The molecule has 1 atom stereocenters. The van der Waals surface area contributed by atoms with E-state index in [1.165, 1.54) is 12.3 Å². The monoisotopic (exact) mass is 488 g/mol. The molecule has 0 radical (unpaired) electrons. The van der Waals surface area contributed by atoms with Crippen molar-refractivity contribution in [3.05, 3.63) is 22.7 Å². The van der Waals surface area contributed by atoms with Crippen molar-refractivity contribution < 1.29 is 22.7 Å². The van der Waals surface area contributed by atoms with E-state index >= 15 is 0 Å². The summed E-state index contributed by atoms with van der Waals surface area (Å²) >= 11 is 6.10. The molecule has 2 aliphatic rings. The van der Waals surface area contributed by atoms with E-state index in [9.17, 15) is 13.2 Å². The van der Waals surface area contributed by atoms with Crippen molar-refractivity contribution in [2.75, 3.05) is 64.5 Å². The maximum Gasteiger partial charge on any atom is 0.255 e. The predicted molar refractivity (Wildman–Crippen MR) is 125 cm³/mol. The Kier molecular flexibility index (Phi) is 8.62. The average Bonchev–Trinajstić information content (AvgIpc) is 2.75. The Labute approximate surface area is 195 Å². The minimum absolute atomic E-state index is 0.122. The number of amides is 1. The maximum atomic E-state index is 12.7. The van der Waals surface area contributed by atoms with E-state index in [0.717, 1.165) is 25.9 Å². The quantitative estimate of drug-likeness (QED) is 0.532. The van der Waals surface area contributed by atoms with E-state index in [4.69, 9.17) is 26.8 Å². The molecule has 3 rings (SSSR count). The number of nitrogens with two attached hydrogens (primary N) is 1. The molecule has 1 aromatic carbocycles. The summed E-state index contributed by atoms with van der Waals surface area (Å²) in [4.78, 5) is 15.1. The van der Waals surface area contributed by atoms with Crippen LogP contribution < -0.4 is 15.8 Å². The SMILES string of the molecule is CCOc1cc(N)c(Cl)cc1C(=O)NCC1CN(CC2CCN(S(C)(=O)=O)CC2)CCO1. The summed E-state index contributed by atoms with van der Waals surface area (Å²) in [6, 6.07) is 3.09. The molecule has 0 bridgehead atoms. The van der Waals surface area contributed by atoms with Gasteiger partial charge in [0.05, 0.1) is 41.8 Å². The molecular weight excluding hydrogens is 456 g/mol. The Morgan fingerprint density at radius 2 is 2.03 bits per heavy atom. The summed E-state index contributed by atoms with van der Waals surface area (Å²) in [5, 5.41) is 3.22. The number of ether oxygens (including phenoxy) is 2. The molecule has 180 valence electrons. The molecule has 1 aromatic rings. The number of carbonyl (C=O) groups excluding carboxylic acids is 1. The highest BCUT2D eigenvalue weighted by molar-refractivity contribution is 7.88. The summed E-state index contributed by atoms with van der Waals surface area (Å²) < 4.78 is 36.3. The molecule has 2 saturated heterocycles. The van der Waals surface area contributed by atoms with Crippen LogP contribution >= 0.6 is 11.6 Å². The van der Waals surface area contributed by atoms with Gasteiger partial charge in [-0.25, -0.2) is 12.7 Å². The first-order chi connectivity index (χ1) is 15.2.